The summed E-state index contributed by atoms with van der Waals surface area (Å²) in [5, 5.41) is 0. The summed E-state index contributed by atoms with van der Waals surface area (Å²) in [7, 11) is 1.53. The molecule has 1 aromatic carbocycles. The highest BCUT2D eigenvalue weighted by atomic mass is 16.6. The number of carbonyl (C=O) groups excluding carboxylic acids is 2. The van der Waals surface area contributed by atoms with Crippen LogP contribution in [0.2, 0.25) is 0 Å². The van der Waals surface area contributed by atoms with Crippen LogP contribution < -0.4 is 9.47 Å². The summed E-state index contributed by atoms with van der Waals surface area (Å²) < 4.78 is 17.9. The van der Waals surface area contributed by atoms with Gasteiger partial charge in [-0.1, -0.05) is 6.92 Å². The Morgan fingerprint density at radius 3 is 2.54 bits per heavy atom. The fourth-order valence-electron chi connectivity index (χ4n) is 2.45. The summed E-state index contributed by atoms with van der Waals surface area (Å²) in [6.07, 6.45) is 2.66. The van der Waals surface area contributed by atoms with Crippen LogP contribution in [0, 0.1) is 0 Å². The number of hydrogen-bond acceptors (Lipinski definition) is 5. The molecule has 0 N–H and O–H groups in total. The van der Waals surface area contributed by atoms with Crippen LogP contribution in [0.4, 0.5) is 4.79 Å². The SMILES string of the molecule is CCCOc1cc(C=O)c(-c2cccn2C(=O)OC(C)(C)C)cc1OC. The first-order valence-corrected chi connectivity index (χ1v) is 8.51. The van der Waals surface area contributed by atoms with Crippen molar-refractivity contribution in [1.82, 2.24) is 4.57 Å². The average Bonchev–Trinajstić information content (AvgIpc) is 3.07. The van der Waals surface area contributed by atoms with E-state index in [0.29, 0.717) is 34.9 Å². The van der Waals surface area contributed by atoms with Crippen molar-refractivity contribution < 1.29 is 23.8 Å². The van der Waals surface area contributed by atoms with Gasteiger partial charge >= 0.3 is 6.09 Å². The molecule has 6 heteroatoms. The van der Waals surface area contributed by atoms with E-state index in [4.69, 9.17) is 14.2 Å². The minimum Gasteiger partial charge on any atom is -0.493 e. The van der Waals surface area contributed by atoms with Gasteiger partial charge in [-0.2, -0.15) is 0 Å². The van der Waals surface area contributed by atoms with Crippen molar-refractivity contribution in [1.29, 1.82) is 0 Å². The molecule has 1 aromatic heterocycles. The minimum absolute atomic E-state index is 0.403. The third-order valence-corrected chi connectivity index (χ3v) is 3.54. The van der Waals surface area contributed by atoms with Crippen LogP contribution in [-0.4, -0.2) is 36.3 Å². The lowest BCUT2D eigenvalue weighted by Crippen LogP contribution is -2.27. The summed E-state index contributed by atoms with van der Waals surface area (Å²) in [6.45, 7) is 7.91. The maximum absolute atomic E-state index is 12.5. The zero-order chi connectivity index (χ0) is 19.3. The van der Waals surface area contributed by atoms with E-state index in [9.17, 15) is 9.59 Å². The first-order valence-electron chi connectivity index (χ1n) is 8.51. The van der Waals surface area contributed by atoms with Gasteiger partial charge in [0.25, 0.3) is 0 Å². The molecule has 0 aliphatic heterocycles. The van der Waals surface area contributed by atoms with Gasteiger partial charge in [0.05, 0.1) is 19.4 Å². The van der Waals surface area contributed by atoms with E-state index >= 15 is 0 Å². The molecular formula is C20H25NO5. The van der Waals surface area contributed by atoms with Crippen molar-refractivity contribution in [2.24, 2.45) is 0 Å². The largest absolute Gasteiger partial charge is 0.493 e. The number of aromatic nitrogens is 1. The number of methoxy groups -OCH3 is 1. The monoisotopic (exact) mass is 359 g/mol. The zero-order valence-electron chi connectivity index (χ0n) is 15.9. The van der Waals surface area contributed by atoms with Gasteiger partial charge in [0.15, 0.2) is 17.8 Å². The van der Waals surface area contributed by atoms with Gasteiger partial charge in [-0.05, 0) is 51.5 Å². The van der Waals surface area contributed by atoms with Crippen LogP contribution in [0.25, 0.3) is 11.3 Å². The predicted molar refractivity (Wildman–Crippen MR) is 99.2 cm³/mol. The van der Waals surface area contributed by atoms with E-state index in [2.05, 4.69) is 0 Å². The molecule has 0 fully saturated rings. The predicted octanol–water partition coefficient (Wildman–Crippen LogP) is 4.55. The lowest BCUT2D eigenvalue weighted by molar-refractivity contribution is 0.0540. The molecule has 0 bridgehead atoms. The van der Waals surface area contributed by atoms with Crippen LogP contribution in [0.5, 0.6) is 11.5 Å². The number of aldehydes is 1. The van der Waals surface area contributed by atoms with Gasteiger partial charge < -0.3 is 14.2 Å². The number of rotatable bonds is 6. The summed E-state index contributed by atoms with van der Waals surface area (Å²) in [6, 6.07) is 6.80. The van der Waals surface area contributed by atoms with E-state index < -0.39 is 11.7 Å². The van der Waals surface area contributed by atoms with Crippen molar-refractivity contribution in [3.8, 4) is 22.8 Å². The molecule has 0 radical (unpaired) electrons. The zero-order valence-corrected chi connectivity index (χ0v) is 15.9. The second-order valence-electron chi connectivity index (χ2n) is 6.80. The fraction of sp³-hybridized carbons (Fsp3) is 0.400. The molecule has 140 valence electrons. The molecule has 0 atom stereocenters. The van der Waals surface area contributed by atoms with Crippen LogP contribution in [0.1, 0.15) is 44.5 Å². The average molecular weight is 359 g/mol. The quantitative estimate of drug-likeness (QED) is 0.708. The third-order valence-electron chi connectivity index (χ3n) is 3.54. The Labute approximate surface area is 153 Å². The highest BCUT2D eigenvalue weighted by Gasteiger charge is 2.22. The van der Waals surface area contributed by atoms with Gasteiger partial charge in [0.2, 0.25) is 0 Å². The number of hydrogen-bond donors (Lipinski definition) is 0. The Hall–Kier alpha value is -2.76. The molecule has 0 saturated heterocycles. The molecule has 0 amide bonds. The molecule has 0 saturated carbocycles. The Kier molecular flexibility index (Phi) is 6.08. The third kappa shape index (κ3) is 4.45. The molecule has 0 aliphatic rings. The van der Waals surface area contributed by atoms with Crippen molar-refractivity contribution >= 4 is 12.4 Å². The van der Waals surface area contributed by atoms with Crippen LogP contribution in [0.3, 0.4) is 0 Å². The second-order valence-corrected chi connectivity index (χ2v) is 6.80. The maximum atomic E-state index is 12.5. The number of nitrogens with zero attached hydrogens (tertiary/aromatic N) is 1. The Balaban J connectivity index is 2.51. The van der Waals surface area contributed by atoms with Crippen molar-refractivity contribution in [2.45, 2.75) is 39.7 Å². The van der Waals surface area contributed by atoms with Gasteiger partial charge in [-0.25, -0.2) is 4.79 Å². The highest BCUT2D eigenvalue weighted by Crippen LogP contribution is 2.35. The van der Waals surface area contributed by atoms with E-state index in [-0.39, 0.29) is 0 Å². The standard InChI is InChI=1S/C20H25NO5/c1-6-10-25-18-11-14(13-22)15(12-17(18)24-5)16-8-7-9-21(16)19(23)26-20(2,3)4/h7-9,11-13H,6,10H2,1-5H3. The number of ether oxygens (including phenoxy) is 3. The van der Waals surface area contributed by atoms with Gasteiger partial charge in [-0.3, -0.25) is 9.36 Å². The fourth-order valence-corrected chi connectivity index (χ4v) is 2.45. The first kappa shape index (κ1) is 19.6. The smallest absolute Gasteiger partial charge is 0.418 e. The molecule has 2 rings (SSSR count). The maximum Gasteiger partial charge on any atom is 0.418 e. The summed E-state index contributed by atoms with van der Waals surface area (Å²) in [5.41, 5.74) is 0.889. The lowest BCUT2D eigenvalue weighted by Gasteiger charge is -2.21. The normalized spacial score (nSPS) is 11.1. The molecule has 6 nitrogen and oxygen atoms in total. The van der Waals surface area contributed by atoms with Gasteiger partial charge in [0, 0.05) is 17.3 Å². The van der Waals surface area contributed by atoms with Crippen LogP contribution in [0.15, 0.2) is 30.5 Å². The summed E-state index contributed by atoms with van der Waals surface area (Å²) in [4.78, 5) is 24.1. The minimum atomic E-state index is -0.623. The number of carbonyl (C=O) groups is 2. The molecular weight excluding hydrogens is 334 g/mol. The van der Waals surface area contributed by atoms with Crippen molar-refractivity contribution in [2.75, 3.05) is 13.7 Å². The van der Waals surface area contributed by atoms with Crippen LogP contribution in [-0.2, 0) is 4.74 Å². The van der Waals surface area contributed by atoms with E-state index in [1.165, 1.54) is 11.7 Å². The summed E-state index contributed by atoms with van der Waals surface area (Å²) in [5.74, 6) is 0.992. The summed E-state index contributed by atoms with van der Waals surface area (Å²) >= 11 is 0. The van der Waals surface area contributed by atoms with Crippen molar-refractivity contribution in [3.05, 3.63) is 36.0 Å². The number of benzene rings is 1. The Bertz CT molecular complexity index is 786. The molecule has 1 heterocycles. The Morgan fingerprint density at radius 1 is 1.23 bits per heavy atom. The second kappa shape index (κ2) is 8.08. The highest BCUT2D eigenvalue weighted by molar-refractivity contribution is 5.91. The first-order chi connectivity index (χ1) is 12.3. The van der Waals surface area contributed by atoms with E-state index in [1.54, 1.807) is 51.2 Å². The molecule has 0 unspecified atom stereocenters. The molecule has 2 aromatic rings. The molecule has 0 spiro atoms. The molecule has 0 aliphatic carbocycles. The van der Waals surface area contributed by atoms with Gasteiger partial charge in [-0.15, -0.1) is 0 Å². The Morgan fingerprint density at radius 2 is 1.96 bits per heavy atom. The van der Waals surface area contributed by atoms with Crippen LogP contribution >= 0.6 is 0 Å². The van der Waals surface area contributed by atoms with E-state index in [0.717, 1.165) is 12.7 Å². The van der Waals surface area contributed by atoms with Gasteiger partial charge in [0.1, 0.15) is 5.60 Å². The van der Waals surface area contributed by atoms with E-state index in [1.807, 2.05) is 6.92 Å². The molecule has 26 heavy (non-hydrogen) atoms. The topological polar surface area (TPSA) is 66.8 Å². The lowest BCUT2D eigenvalue weighted by atomic mass is 10.0. The van der Waals surface area contributed by atoms with Crippen molar-refractivity contribution in [3.63, 3.8) is 0 Å².